The van der Waals surface area contributed by atoms with E-state index in [9.17, 15) is 0 Å². The molecule has 1 aromatic heterocycles. The maximum Gasteiger partial charge on any atom is 0.123 e. The lowest BCUT2D eigenvalue weighted by Crippen LogP contribution is -2.29. The third-order valence-corrected chi connectivity index (χ3v) is 2.66. The van der Waals surface area contributed by atoms with E-state index in [0.29, 0.717) is 5.82 Å². The first-order valence-corrected chi connectivity index (χ1v) is 5.28. The fourth-order valence-corrected chi connectivity index (χ4v) is 1.93. The van der Waals surface area contributed by atoms with Crippen LogP contribution in [0.3, 0.4) is 0 Å². The van der Waals surface area contributed by atoms with E-state index in [0.717, 1.165) is 12.2 Å². The summed E-state index contributed by atoms with van der Waals surface area (Å²) in [6.07, 6.45) is 4.02. The maximum absolute atomic E-state index is 5.63. The molecular formula is C11H17N3. The molecule has 76 valence electrons. The Bertz CT molecular complexity index is 292. The Morgan fingerprint density at radius 2 is 2.00 bits per heavy atom. The summed E-state index contributed by atoms with van der Waals surface area (Å²) in [7, 11) is 0. The number of nitrogen functional groups attached to an aromatic ring is 1. The highest BCUT2D eigenvalue weighted by molar-refractivity contribution is 5.28. The van der Waals surface area contributed by atoms with Crippen molar-refractivity contribution < 1.29 is 0 Å². The summed E-state index contributed by atoms with van der Waals surface area (Å²) in [5, 5.41) is 0. The normalized spacial score (nSPS) is 18.3. The Balaban J connectivity index is 1.95. The van der Waals surface area contributed by atoms with Crippen LogP contribution in [0, 0.1) is 0 Å². The first-order valence-electron chi connectivity index (χ1n) is 5.28. The van der Waals surface area contributed by atoms with Gasteiger partial charge in [0, 0.05) is 6.54 Å². The molecule has 1 aromatic rings. The van der Waals surface area contributed by atoms with Crippen LogP contribution in [-0.4, -0.2) is 23.0 Å². The van der Waals surface area contributed by atoms with Crippen LogP contribution in [0.4, 0.5) is 5.82 Å². The van der Waals surface area contributed by atoms with E-state index in [4.69, 9.17) is 5.73 Å². The molecule has 3 heteroatoms. The molecule has 14 heavy (non-hydrogen) atoms. The van der Waals surface area contributed by atoms with Gasteiger partial charge in [-0.15, -0.1) is 0 Å². The van der Waals surface area contributed by atoms with Gasteiger partial charge in [-0.05, 0) is 38.1 Å². The van der Waals surface area contributed by atoms with E-state index in [-0.39, 0.29) is 0 Å². The Morgan fingerprint density at radius 3 is 2.71 bits per heavy atom. The fourth-order valence-electron chi connectivity index (χ4n) is 1.93. The Kier molecular flexibility index (Phi) is 2.99. The smallest absolute Gasteiger partial charge is 0.123 e. The first kappa shape index (κ1) is 9.46. The molecule has 0 unspecified atom stereocenters. The lowest BCUT2D eigenvalue weighted by atomic mass is 10.1. The van der Waals surface area contributed by atoms with Gasteiger partial charge in [0.15, 0.2) is 0 Å². The molecule has 1 aliphatic heterocycles. The van der Waals surface area contributed by atoms with E-state index >= 15 is 0 Å². The van der Waals surface area contributed by atoms with Gasteiger partial charge >= 0.3 is 0 Å². The third kappa shape index (κ3) is 2.45. The quantitative estimate of drug-likeness (QED) is 0.773. The molecule has 0 spiro atoms. The summed E-state index contributed by atoms with van der Waals surface area (Å²) < 4.78 is 0. The van der Waals surface area contributed by atoms with Gasteiger partial charge in [-0.25, -0.2) is 4.98 Å². The zero-order valence-corrected chi connectivity index (χ0v) is 8.45. The minimum atomic E-state index is 0.625. The Morgan fingerprint density at radius 1 is 1.21 bits per heavy atom. The van der Waals surface area contributed by atoms with Crippen molar-refractivity contribution in [1.82, 2.24) is 9.88 Å². The standard InChI is InChI=1S/C11H17N3/c12-11-6-4-5-10(13-11)9-14-7-2-1-3-8-14/h4-6H,1-3,7-9H2,(H2,12,13). The monoisotopic (exact) mass is 191 g/mol. The van der Waals surface area contributed by atoms with Crippen LogP contribution in [0.15, 0.2) is 18.2 Å². The highest BCUT2D eigenvalue weighted by Gasteiger charge is 2.10. The second kappa shape index (κ2) is 4.42. The molecule has 3 nitrogen and oxygen atoms in total. The molecule has 2 rings (SSSR count). The van der Waals surface area contributed by atoms with E-state index in [1.54, 1.807) is 0 Å². The molecule has 2 N–H and O–H groups in total. The highest BCUT2D eigenvalue weighted by atomic mass is 15.1. The van der Waals surface area contributed by atoms with Crippen LogP contribution >= 0.6 is 0 Å². The Labute approximate surface area is 84.9 Å². The van der Waals surface area contributed by atoms with Gasteiger partial charge in [0.2, 0.25) is 0 Å². The summed E-state index contributed by atoms with van der Waals surface area (Å²) in [6.45, 7) is 3.36. The Hall–Kier alpha value is -1.09. The van der Waals surface area contributed by atoms with Crippen molar-refractivity contribution in [3.63, 3.8) is 0 Å². The van der Waals surface area contributed by atoms with E-state index in [1.165, 1.54) is 32.4 Å². The van der Waals surface area contributed by atoms with Gasteiger partial charge in [0.1, 0.15) is 5.82 Å². The average Bonchev–Trinajstić information content (AvgIpc) is 2.19. The number of hydrogen-bond acceptors (Lipinski definition) is 3. The minimum absolute atomic E-state index is 0.625. The van der Waals surface area contributed by atoms with E-state index < -0.39 is 0 Å². The predicted octanol–water partition coefficient (Wildman–Crippen LogP) is 1.65. The number of hydrogen-bond donors (Lipinski definition) is 1. The number of nitrogens with two attached hydrogens (primary N) is 1. The maximum atomic E-state index is 5.63. The second-order valence-corrected chi connectivity index (χ2v) is 3.89. The van der Waals surface area contributed by atoms with E-state index in [1.807, 2.05) is 18.2 Å². The number of pyridine rings is 1. The van der Waals surface area contributed by atoms with Gasteiger partial charge in [0.05, 0.1) is 5.69 Å². The number of aromatic nitrogens is 1. The molecule has 0 atom stereocenters. The van der Waals surface area contributed by atoms with Crippen molar-refractivity contribution in [2.75, 3.05) is 18.8 Å². The summed E-state index contributed by atoms with van der Waals surface area (Å²) in [5.41, 5.74) is 6.72. The molecule has 1 aliphatic rings. The number of nitrogens with zero attached hydrogens (tertiary/aromatic N) is 2. The summed E-state index contributed by atoms with van der Waals surface area (Å²) in [5.74, 6) is 0.625. The van der Waals surface area contributed by atoms with Crippen molar-refractivity contribution in [2.45, 2.75) is 25.8 Å². The van der Waals surface area contributed by atoms with Crippen LogP contribution in [0.5, 0.6) is 0 Å². The summed E-state index contributed by atoms with van der Waals surface area (Å²) >= 11 is 0. The molecule has 0 amide bonds. The minimum Gasteiger partial charge on any atom is -0.384 e. The largest absolute Gasteiger partial charge is 0.384 e. The van der Waals surface area contributed by atoms with Crippen molar-refractivity contribution in [1.29, 1.82) is 0 Å². The van der Waals surface area contributed by atoms with Crippen molar-refractivity contribution in [3.05, 3.63) is 23.9 Å². The topological polar surface area (TPSA) is 42.1 Å². The molecule has 0 saturated carbocycles. The van der Waals surface area contributed by atoms with Gasteiger partial charge in [-0.3, -0.25) is 4.90 Å². The zero-order chi connectivity index (χ0) is 9.80. The van der Waals surface area contributed by atoms with Crippen LogP contribution in [0.1, 0.15) is 25.0 Å². The number of piperidine rings is 1. The average molecular weight is 191 g/mol. The highest BCUT2D eigenvalue weighted by Crippen LogP contribution is 2.12. The molecule has 0 aliphatic carbocycles. The van der Waals surface area contributed by atoms with Gasteiger partial charge in [-0.2, -0.15) is 0 Å². The SMILES string of the molecule is Nc1cccc(CN2CCCCC2)n1. The molecule has 2 heterocycles. The van der Waals surface area contributed by atoms with Crippen molar-refractivity contribution >= 4 is 5.82 Å². The predicted molar refractivity (Wildman–Crippen MR) is 57.8 cm³/mol. The lowest BCUT2D eigenvalue weighted by Gasteiger charge is -2.25. The fraction of sp³-hybridized carbons (Fsp3) is 0.545. The second-order valence-electron chi connectivity index (χ2n) is 3.89. The van der Waals surface area contributed by atoms with Crippen LogP contribution < -0.4 is 5.73 Å². The van der Waals surface area contributed by atoms with Crippen LogP contribution in [0.2, 0.25) is 0 Å². The van der Waals surface area contributed by atoms with Crippen LogP contribution in [-0.2, 0) is 6.54 Å². The van der Waals surface area contributed by atoms with Gasteiger partial charge in [-0.1, -0.05) is 12.5 Å². The zero-order valence-electron chi connectivity index (χ0n) is 8.45. The van der Waals surface area contributed by atoms with Gasteiger partial charge < -0.3 is 5.73 Å². The summed E-state index contributed by atoms with van der Waals surface area (Å²) in [6, 6.07) is 5.85. The molecule has 1 fully saturated rings. The van der Waals surface area contributed by atoms with Crippen molar-refractivity contribution in [2.24, 2.45) is 0 Å². The molecular weight excluding hydrogens is 174 g/mol. The number of anilines is 1. The van der Waals surface area contributed by atoms with E-state index in [2.05, 4.69) is 9.88 Å². The molecule has 1 saturated heterocycles. The number of rotatable bonds is 2. The van der Waals surface area contributed by atoms with Crippen LogP contribution in [0.25, 0.3) is 0 Å². The molecule has 0 bridgehead atoms. The molecule has 0 radical (unpaired) electrons. The third-order valence-electron chi connectivity index (χ3n) is 2.66. The number of likely N-dealkylation sites (tertiary alicyclic amines) is 1. The summed E-state index contributed by atoms with van der Waals surface area (Å²) in [4.78, 5) is 6.75. The van der Waals surface area contributed by atoms with Crippen molar-refractivity contribution in [3.8, 4) is 0 Å². The lowest BCUT2D eigenvalue weighted by molar-refractivity contribution is 0.218. The first-order chi connectivity index (χ1) is 6.84. The van der Waals surface area contributed by atoms with Gasteiger partial charge in [0.25, 0.3) is 0 Å². The molecule has 0 aromatic carbocycles.